The Morgan fingerprint density at radius 1 is 1.19 bits per heavy atom. The first-order valence-corrected chi connectivity index (χ1v) is 7.48. The van der Waals surface area contributed by atoms with Crippen LogP contribution in [0.3, 0.4) is 0 Å². The summed E-state index contributed by atoms with van der Waals surface area (Å²) in [5.74, 6) is -1.56. The molecule has 6 heteroatoms. The van der Waals surface area contributed by atoms with E-state index in [0.29, 0.717) is 0 Å². The molecule has 0 aromatic heterocycles. The van der Waals surface area contributed by atoms with Gasteiger partial charge in [0.1, 0.15) is 6.54 Å². The van der Waals surface area contributed by atoms with E-state index in [9.17, 15) is 19.2 Å². The maximum atomic E-state index is 12.1. The van der Waals surface area contributed by atoms with Crippen molar-refractivity contribution in [2.24, 2.45) is 17.8 Å². The van der Waals surface area contributed by atoms with Gasteiger partial charge < -0.3 is 5.32 Å². The molecule has 3 amide bonds. The third-order valence-corrected chi connectivity index (χ3v) is 4.41. The molecule has 0 radical (unpaired) electrons. The largest absolute Gasteiger partial charge is 0.344 e. The lowest BCUT2D eigenvalue weighted by Gasteiger charge is -2.21. The van der Waals surface area contributed by atoms with Gasteiger partial charge in [0, 0.05) is 0 Å². The van der Waals surface area contributed by atoms with Crippen molar-refractivity contribution >= 4 is 23.5 Å². The highest BCUT2D eigenvalue weighted by Gasteiger charge is 2.50. The first kappa shape index (κ1) is 15.7. The second-order valence-electron chi connectivity index (χ2n) is 6.31. The van der Waals surface area contributed by atoms with Crippen molar-refractivity contribution < 1.29 is 19.2 Å². The standard InChI is InChI=1S/C15H22N2O4/c1-8(2)13(9(3)18)16-12(19)7-17-14(20)10-5-4-6-11(10)15(17)21/h8,10-11,13H,4-7H2,1-3H3,(H,16,19). The number of rotatable bonds is 5. The summed E-state index contributed by atoms with van der Waals surface area (Å²) < 4.78 is 0. The summed E-state index contributed by atoms with van der Waals surface area (Å²) in [4.78, 5) is 48.8. The number of imide groups is 1. The fourth-order valence-corrected chi connectivity index (χ4v) is 3.32. The zero-order chi connectivity index (χ0) is 15.7. The number of fused-ring (bicyclic) bond motifs is 1. The van der Waals surface area contributed by atoms with E-state index in [1.807, 2.05) is 13.8 Å². The molecule has 1 saturated heterocycles. The molecule has 1 aliphatic carbocycles. The normalized spacial score (nSPS) is 26.2. The third kappa shape index (κ3) is 2.99. The summed E-state index contributed by atoms with van der Waals surface area (Å²) in [5.41, 5.74) is 0. The number of Topliss-reactive ketones (excluding diaryl/α,β-unsaturated/α-hetero) is 1. The van der Waals surface area contributed by atoms with Crippen molar-refractivity contribution in [1.29, 1.82) is 0 Å². The molecular weight excluding hydrogens is 272 g/mol. The molecule has 0 aromatic rings. The quantitative estimate of drug-likeness (QED) is 0.748. The average Bonchev–Trinajstić information content (AvgIpc) is 2.95. The van der Waals surface area contributed by atoms with Gasteiger partial charge in [0.05, 0.1) is 17.9 Å². The van der Waals surface area contributed by atoms with Crippen molar-refractivity contribution in [3.8, 4) is 0 Å². The minimum absolute atomic E-state index is 0.0317. The molecule has 0 bridgehead atoms. The molecule has 116 valence electrons. The van der Waals surface area contributed by atoms with E-state index in [0.717, 1.165) is 24.2 Å². The van der Waals surface area contributed by atoms with Gasteiger partial charge in [-0.05, 0) is 25.7 Å². The van der Waals surface area contributed by atoms with E-state index < -0.39 is 11.9 Å². The number of nitrogens with one attached hydrogen (secondary N) is 1. The summed E-state index contributed by atoms with van der Waals surface area (Å²) in [7, 11) is 0. The van der Waals surface area contributed by atoms with Crippen LogP contribution in [0.15, 0.2) is 0 Å². The lowest BCUT2D eigenvalue weighted by molar-refractivity contribution is -0.144. The lowest BCUT2D eigenvalue weighted by Crippen LogP contribution is -2.48. The summed E-state index contributed by atoms with van der Waals surface area (Å²) in [6.07, 6.45) is 2.36. The second-order valence-corrected chi connectivity index (χ2v) is 6.31. The predicted molar refractivity (Wildman–Crippen MR) is 75.0 cm³/mol. The molecule has 3 atom stereocenters. The summed E-state index contributed by atoms with van der Waals surface area (Å²) >= 11 is 0. The topological polar surface area (TPSA) is 83.6 Å². The molecule has 0 spiro atoms. The summed E-state index contributed by atoms with van der Waals surface area (Å²) in [6, 6.07) is -0.579. The highest BCUT2D eigenvalue weighted by Crippen LogP contribution is 2.39. The molecule has 2 fully saturated rings. The Balaban J connectivity index is 1.98. The molecule has 1 saturated carbocycles. The van der Waals surface area contributed by atoms with Crippen LogP contribution in [0.4, 0.5) is 0 Å². The first-order chi connectivity index (χ1) is 9.82. The van der Waals surface area contributed by atoms with Crippen LogP contribution in [-0.2, 0) is 19.2 Å². The summed E-state index contributed by atoms with van der Waals surface area (Å²) in [5, 5.41) is 2.62. The molecule has 1 aliphatic heterocycles. The minimum Gasteiger partial charge on any atom is -0.344 e. The zero-order valence-corrected chi connectivity index (χ0v) is 12.7. The molecule has 2 rings (SSSR count). The Morgan fingerprint density at radius 2 is 1.71 bits per heavy atom. The van der Waals surface area contributed by atoms with Crippen LogP contribution in [0.2, 0.25) is 0 Å². The second kappa shape index (κ2) is 5.95. The molecule has 1 N–H and O–H groups in total. The predicted octanol–water partition coefficient (Wildman–Crippen LogP) is 0.501. The number of likely N-dealkylation sites (tertiary alicyclic amines) is 1. The molecule has 0 aromatic carbocycles. The summed E-state index contributed by atoms with van der Waals surface area (Å²) in [6.45, 7) is 4.81. The Labute approximate surface area is 124 Å². The molecule has 2 aliphatic rings. The van der Waals surface area contributed by atoms with Gasteiger partial charge in [-0.3, -0.25) is 24.1 Å². The van der Waals surface area contributed by atoms with Gasteiger partial charge in [-0.25, -0.2) is 0 Å². The van der Waals surface area contributed by atoms with E-state index >= 15 is 0 Å². The first-order valence-electron chi connectivity index (χ1n) is 7.48. The highest BCUT2D eigenvalue weighted by molar-refractivity contribution is 6.07. The van der Waals surface area contributed by atoms with Crippen LogP contribution in [0.1, 0.15) is 40.0 Å². The smallest absolute Gasteiger partial charge is 0.240 e. The van der Waals surface area contributed by atoms with Crippen LogP contribution in [0.25, 0.3) is 0 Å². The number of carbonyl (C=O) groups excluding carboxylic acids is 4. The van der Waals surface area contributed by atoms with Gasteiger partial charge in [0.25, 0.3) is 0 Å². The minimum atomic E-state index is -0.579. The van der Waals surface area contributed by atoms with E-state index in [1.165, 1.54) is 6.92 Å². The number of nitrogens with zero attached hydrogens (tertiary/aromatic N) is 1. The lowest BCUT2D eigenvalue weighted by atomic mass is 10.00. The van der Waals surface area contributed by atoms with E-state index in [4.69, 9.17) is 0 Å². The van der Waals surface area contributed by atoms with E-state index in [-0.39, 0.29) is 41.9 Å². The van der Waals surface area contributed by atoms with Crippen LogP contribution >= 0.6 is 0 Å². The zero-order valence-electron chi connectivity index (χ0n) is 12.7. The Bertz CT molecular complexity index is 464. The Kier molecular flexibility index (Phi) is 4.44. The maximum Gasteiger partial charge on any atom is 0.240 e. The van der Waals surface area contributed by atoms with Crippen molar-refractivity contribution in [2.45, 2.75) is 46.1 Å². The third-order valence-electron chi connectivity index (χ3n) is 4.41. The monoisotopic (exact) mass is 294 g/mol. The fourth-order valence-electron chi connectivity index (χ4n) is 3.32. The van der Waals surface area contributed by atoms with Crippen LogP contribution in [0, 0.1) is 17.8 Å². The SMILES string of the molecule is CC(=O)C(NC(=O)CN1C(=O)C2CCCC2C1=O)C(C)C. The number of hydrogen-bond donors (Lipinski definition) is 1. The Morgan fingerprint density at radius 3 is 2.14 bits per heavy atom. The number of ketones is 1. The van der Waals surface area contributed by atoms with Gasteiger partial charge in [-0.2, -0.15) is 0 Å². The van der Waals surface area contributed by atoms with Crippen LogP contribution in [-0.4, -0.2) is 41.0 Å². The highest BCUT2D eigenvalue weighted by atomic mass is 16.2. The van der Waals surface area contributed by atoms with Gasteiger partial charge in [0.2, 0.25) is 17.7 Å². The van der Waals surface area contributed by atoms with Crippen molar-refractivity contribution in [3.63, 3.8) is 0 Å². The number of hydrogen-bond acceptors (Lipinski definition) is 4. The van der Waals surface area contributed by atoms with Crippen LogP contribution < -0.4 is 5.32 Å². The molecular formula is C15H22N2O4. The average molecular weight is 294 g/mol. The van der Waals surface area contributed by atoms with Gasteiger partial charge in [-0.15, -0.1) is 0 Å². The van der Waals surface area contributed by atoms with Crippen LogP contribution in [0.5, 0.6) is 0 Å². The van der Waals surface area contributed by atoms with Gasteiger partial charge in [0.15, 0.2) is 5.78 Å². The van der Waals surface area contributed by atoms with Crippen molar-refractivity contribution in [1.82, 2.24) is 10.2 Å². The van der Waals surface area contributed by atoms with Gasteiger partial charge >= 0.3 is 0 Å². The molecule has 1 heterocycles. The molecule has 21 heavy (non-hydrogen) atoms. The Hall–Kier alpha value is -1.72. The van der Waals surface area contributed by atoms with Crippen molar-refractivity contribution in [3.05, 3.63) is 0 Å². The molecule has 6 nitrogen and oxygen atoms in total. The maximum absolute atomic E-state index is 12.1. The number of amides is 3. The number of carbonyl (C=O) groups is 4. The fraction of sp³-hybridized carbons (Fsp3) is 0.733. The van der Waals surface area contributed by atoms with E-state index in [1.54, 1.807) is 0 Å². The van der Waals surface area contributed by atoms with Gasteiger partial charge in [-0.1, -0.05) is 20.3 Å². The van der Waals surface area contributed by atoms with E-state index in [2.05, 4.69) is 5.32 Å². The molecule has 3 unspecified atom stereocenters. The van der Waals surface area contributed by atoms with Crippen molar-refractivity contribution in [2.75, 3.05) is 6.54 Å².